The van der Waals surface area contributed by atoms with Gasteiger partial charge in [-0.1, -0.05) is 76.6 Å². The minimum atomic E-state index is -1.38. The third-order valence-corrected chi connectivity index (χ3v) is 6.37. The number of halogens is 1. The maximum Gasteiger partial charge on any atom is 0.408 e. The Morgan fingerprint density at radius 3 is 2.26 bits per heavy atom. The van der Waals surface area contributed by atoms with Gasteiger partial charge in [-0.3, -0.25) is 0 Å². The lowest BCUT2D eigenvalue weighted by Crippen LogP contribution is -2.34. The largest absolute Gasteiger partial charge is 0.479 e. The maximum atomic E-state index is 12.6. The molecule has 0 spiro atoms. The Kier molecular flexibility index (Phi) is 5.94. The van der Waals surface area contributed by atoms with Crippen LogP contribution < -0.4 is 5.32 Å². The van der Waals surface area contributed by atoms with Gasteiger partial charge in [0.1, 0.15) is 18.1 Å². The minimum absolute atomic E-state index is 0.0909. The summed E-state index contributed by atoms with van der Waals surface area (Å²) in [7, 11) is 0. The number of carboxylic acid groups (broad SMARTS) is 1. The zero-order valence-corrected chi connectivity index (χ0v) is 19.5. The molecule has 34 heavy (non-hydrogen) atoms. The van der Waals surface area contributed by atoms with E-state index in [1.807, 2.05) is 60.7 Å². The van der Waals surface area contributed by atoms with Gasteiger partial charge in [0.2, 0.25) is 0 Å². The summed E-state index contributed by atoms with van der Waals surface area (Å²) in [5.41, 5.74) is 5.18. The van der Waals surface area contributed by atoms with Crippen LogP contribution in [0.25, 0.3) is 22.5 Å². The Morgan fingerprint density at radius 1 is 0.941 bits per heavy atom. The van der Waals surface area contributed by atoms with Crippen molar-refractivity contribution in [3.8, 4) is 22.5 Å². The summed E-state index contributed by atoms with van der Waals surface area (Å²) in [6.45, 7) is 0.0909. The predicted molar refractivity (Wildman–Crippen MR) is 130 cm³/mol. The average molecular weight is 518 g/mol. The van der Waals surface area contributed by atoms with Gasteiger partial charge in [-0.25, -0.2) is 9.59 Å². The molecule has 6 nitrogen and oxygen atoms in total. The molecule has 0 bridgehead atoms. The number of hydrogen-bond acceptors (Lipinski definition) is 4. The summed E-state index contributed by atoms with van der Waals surface area (Å²) >= 11 is 3.41. The zero-order chi connectivity index (χ0) is 23.7. The molecule has 1 aliphatic rings. The van der Waals surface area contributed by atoms with Crippen LogP contribution in [0, 0.1) is 0 Å². The number of aliphatic carboxylic acids is 1. The number of nitrogens with one attached hydrogen (secondary N) is 1. The third kappa shape index (κ3) is 4.22. The number of alkyl carbamates (subject to hydrolysis) is 1. The Hall–Kier alpha value is -3.84. The van der Waals surface area contributed by atoms with Crippen molar-refractivity contribution >= 4 is 28.0 Å². The van der Waals surface area contributed by atoms with Gasteiger partial charge >= 0.3 is 12.1 Å². The summed E-state index contributed by atoms with van der Waals surface area (Å²) < 4.78 is 12.1. The fourth-order valence-corrected chi connectivity index (χ4v) is 4.72. The van der Waals surface area contributed by atoms with Crippen molar-refractivity contribution in [1.82, 2.24) is 5.32 Å². The number of amides is 1. The smallest absolute Gasteiger partial charge is 0.408 e. The summed E-state index contributed by atoms with van der Waals surface area (Å²) in [5.74, 6) is -0.760. The molecule has 7 heteroatoms. The first-order valence-corrected chi connectivity index (χ1v) is 11.5. The molecule has 0 saturated carbocycles. The number of carbonyl (C=O) groups is 2. The van der Waals surface area contributed by atoms with Gasteiger partial charge in [0.05, 0.1) is 0 Å². The molecule has 1 aromatic heterocycles. The van der Waals surface area contributed by atoms with E-state index in [0.29, 0.717) is 5.76 Å². The molecule has 1 aliphatic carbocycles. The van der Waals surface area contributed by atoms with Gasteiger partial charge in [-0.15, -0.1) is 0 Å². The van der Waals surface area contributed by atoms with Gasteiger partial charge in [0.25, 0.3) is 0 Å². The normalized spacial score (nSPS) is 13.1. The second-order valence-electron chi connectivity index (χ2n) is 7.95. The molecule has 0 fully saturated rings. The summed E-state index contributed by atoms with van der Waals surface area (Å²) in [4.78, 5) is 24.5. The van der Waals surface area contributed by atoms with Gasteiger partial charge in [0, 0.05) is 16.0 Å². The van der Waals surface area contributed by atoms with E-state index in [4.69, 9.17) is 9.15 Å². The van der Waals surface area contributed by atoms with E-state index in [-0.39, 0.29) is 18.3 Å². The van der Waals surface area contributed by atoms with Crippen LogP contribution in [0.1, 0.15) is 28.8 Å². The van der Waals surface area contributed by atoms with Crippen LogP contribution in [-0.2, 0) is 9.53 Å². The number of carbonyl (C=O) groups excluding carboxylic acids is 1. The van der Waals surface area contributed by atoms with Crippen LogP contribution in [0.4, 0.5) is 4.79 Å². The van der Waals surface area contributed by atoms with Gasteiger partial charge in [-0.2, -0.15) is 0 Å². The first kappa shape index (κ1) is 22.0. The number of furan rings is 1. The fourth-order valence-electron chi connectivity index (χ4n) is 4.32. The third-order valence-electron chi connectivity index (χ3n) is 5.87. The first-order chi connectivity index (χ1) is 16.5. The lowest BCUT2D eigenvalue weighted by atomic mass is 9.98. The summed E-state index contributed by atoms with van der Waals surface area (Å²) in [6.07, 6.45) is -0.824. The Labute approximate surface area is 204 Å². The van der Waals surface area contributed by atoms with Crippen molar-refractivity contribution in [1.29, 1.82) is 0 Å². The van der Waals surface area contributed by atoms with Crippen LogP contribution in [-0.4, -0.2) is 23.8 Å². The van der Waals surface area contributed by atoms with Crippen LogP contribution in [0.5, 0.6) is 0 Å². The molecule has 1 unspecified atom stereocenters. The number of ether oxygens (including phenoxy) is 1. The number of rotatable bonds is 6. The molecular weight excluding hydrogens is 498 g/mol. The van der Waals surface area contributed by atoms with Crippen molar-refractivity contribution in [3.63, 3.8) is 0 Å². The van der Waals surface area contributed by atoms with E-state index in [2.05, 4.69) is 33.4 Å². The highest BCUT2D eigenvalue weighted by Crippen LogP contribution is 2.44. The van der Waals surface area contributed by atoms with E-state index in [1.165, 1.54) is 0 Å². The van der Waals surface area contributed by atoms with Crippen molar-refractivity contribution in [3.05, 3.63) is 106 Å². The molecule has 0 saturated heterocycles. The van der Waals surface area contributed by atoms with Crippen LogP contribution in [0.15, 0.2) is 93.8 Å². The molecule has 1 atom stereocenters. The highest BCUT2D eigenvalue weighted by Gasteiger charge is 2.31. The molecule has 0 radical (unpaired) electrons. The number of fused-ring (bicyclic) bond motifs is 3. The highest BCUT2D eigenvalue weighted by molar-refractivity contribution is 9.10. The van der Waals surface area contributed by atoms with Crippen molar-refractivity contribution in [2.75, 3.05) is 6.61 Å². The Bertz CT molecular complexity index is 1330. The Balaban J connectivity index is 1.30. The monoisotopic (exact) mass is 517 g/mol. The summed E-state index contributed by atoms with van der Waals surface area (Å²) in [5, 5.41) is 12.1. The topological polar surface area (TPSA) is 88.8 Å². The van der Waals surface area contributed by atoms with Crippen LogP contribution >= 0.6 is 15.9 Å². The number of benzene rings is 3. The summed E-state index contributed by atoms with van der Waals surface area (Å²) in [6, 6.07) is 25.3. The van der Waals surface area contributed by atoms with E-state index >= 15 is 0 Å². The zero-order valence-electron chi connectivity index (χ0n) is 17.9. The quantitative estimate of drug-likeness (QED) is 0.310. The number of hydrogen-bond donors (Lipinski definition) is 2. The Morgan fingerprint density at radius 2 is 1.62 bits per heavy atom. The molecule has 3 aromatic carbocycles. The minimum Gasteiger partial charge on any atom is -0.479 e. The highest BCUT2D eigenvalue weighted by atomic mass is 79.9. The van der Waals surface area contributed by atoms with E-state index in [0.717, 1.165) is 32.3 Å². The van der Waals surface area contributed by atoms with Crippen molar-refractivity contribution < 1.29 is 23.8 Å². The van der Waals surface area contributed by atoms with Crippen LogP contribution in [0.3, 0.4) is 0 Å². The maximum absolute atomic E-state index is 12.6. The molecule has 5 rings (SSSR count). The van der Waals surface area contributed by atoms with Gasteiger partial charge in [0.15, 0.2) is 6.04 Å². The molecule has 170 valence electrons. The van der Waals surface area contributed by atoms with E-state index in [9.17, 15) is 14.7 Å². The predicted octanol–water partition coefficient (Wildman–Crippen LogP) is 6.37. The fraction of sp³-hybridized carbons (Fsp3) is 0.111. The van der Waals surface area contributed by atoms with Crippen molar-refractivity contribution in [2.24, 2.45) is 0 Å². The second-order valence-corrected chi connectivity index (χ2v) is 8.87. The number of carboxylic acids is 1. The van der Waals surface area contributed by atoms with Crippen molar-refractivity contribution in [2.45, 2.75) is 12.0 Å². The molecule has 1 amide bonds. The lowest BCUT2D eigenvalue weighted by Gasteiger charge is -2.16. The van der Waals surface area contributed by atoms with Gasteiger partial charge in [-0.05, 0) is 46.5 Å². The van der Waals surface area contributed by atoms with E-state index < -0.39 is 18.1 Å². The molecule has 0 aliphatic heterocycles. The molecule has 1 heterocycles. The average Bonchev–Trinajstić information content (AvgIpc) is 3.44. The van der Waals surface area contributed by atoms with Gasteiger partial charge < -0.3 is 19.6 Å². The second kappa shape index (κ2) is 9.19. The molecule has 2 N–H and O–H groups in total. The van der Waals surface area contributed by atoms with E-state index in [1.54, 1.807) is 12.1 Å². The SMILES string of the molecule is O=C(NC(C(=O)O)c1ccc(-c2cccc(Br)c2)o1)OCC1c2ccccc2-c2ccccc21. The molecular formula is C27H20BrNO5. The standard InChI is InChI=1S/C27H20BrNO5/c28-17-7-5-6-16(14-17)23-12-13-24(34-23)25(26(30)31)29-27(32)33-15-22-20-10-3-1-8-18(20)19-9-2-4-11-21(19)22/h1-14,22,25H,15H2,(H,29,32)(H,30,31). The van der Waals surface area contributed by atoms with Crippen LogP contribution in [0.2, 0.25) is 0 Å². The lowest BCUT2D eigenvalue weighted by molar-refractivity contribution is -0.140. The first-order valence-electron chi connectivity index (χ1n) is 10.7. The molecule has 4 aromatic rings.